The third-order valence-corrected chi connectivity index (χ3v) is 4.35. The van der Waals surface area contributed by atoms with Crippen LogP contribution in [0.25, 0.3) is 6.08 Å². The first-order valence-corrected chi connectivity index (χ1v) is 8.72. The van der Waals surface area contributed by atoms with Crippen LogP contribution < -0.4 is 18.9 Å². The number of methoxy groups -OCH3 is 2. The van der Waals surface area contributed by atoms with Crippen molar-refractivity contribution in [2.24, 2.45) is 0 Å². The number of fused-ring (bicyclic) bond motifs is 1. The number of hydrogen-bond donors (Lipinski definition) is 0. The highest BCUT2D eigenvalue weighted by Gasteiger charge is 2.15. The zero-order valence-electron chi connectivity index (χ0n) is 15.7. The quantitative estimate of drug-likeness (QED) is 0.699. The summed E-state index contributed by atoms with van der Waals surface area (Å²) in [6.07, 6.45) is 3.29. The molecule has 27 heavy (non-hydrogen) atoms. The van der Waals surface area contributed by atoms with E-state index >= 15 is 0 Å². The van der Waals surface area contributed by atoms with E-state index < -0.39 is 0 Å². The molecule has 0 saturated carbocycles. The summed E-state index contributed by atoms with van der Waals surface area (Å²) in [5.74, 6) is 2.75. The molecule has 0 aliphatic carbocycles. The molecular formula is C21H23NO5. The molecule has 0 fully saturated rings. The van der Waals surface area contributed by atoms with Gasteiger partial charge in [-0.05, 0) is 48.9 Å². The largest absolute Gasteiger partial charge is 0.497 e. The number of carbonyl (C=O) groups excluding carboxylic acids is 1. The fourth-order valence-corrected chi connectivity index (χ4v) is 2.84. The summed E-state index contributed by atoms with van der Waals surface area (Å²) in [5.41, 5.74) is 1.77. The number of rotatable bonds is 7. The van der Waals surface area contributed by atoms with Gasteiger partial charge >= 0.3 is 0 Å². The van der Waals surface area contributed by atoms with E-state index in [1.54, 1.807) is 31.3 Å². The summed E-state index contributed by atoms with van der Waals surface area (Å²) in [6.45, 7) is 3.27. The number of ether oxygens (including phenoxy) is 4. The highest BCUT2D eigenvalue weighted by atomic mass is 16.7. The molecule has 0 saturated heterocycles. The van der Waals surface area contributed by atoms with Crippen LogP contribution in [0.3, 0.4) is 0 Å². The Labute approximate surface area is 158 Å². The summed E-state index contributed by atoms with van der Waals surface area (Å²) in [5, 5.41) is 0. The van der Waals surface area contributed by atoms with Gasteiger partial charge in [0.2, 0.25) is 12.7 Å². The van der Waals surface area contributed by atoms with Gasteiger partial charge in [-0.1, -0.05) is 6.07 Å². The minimum atomic E-state index is -0.0833. The SMILES string of the molecule is CCN(Cc1ccc2c(c1)OCO2)C(=O)/C=C/c1cc(OC)ccc1OC. The van der Waals surface area contributed by atoms with E-state index in [4.69, 9.17) is 18.9 Å². The number of carbonyl (C=O) groups is 1. The Morgan fingerprint density at radius 2 is 1.93 bits per heavy atom. The lowest BCUT2D eigenvalue weighted by atomic mass is 10.1. The Bertz CT molecular complexity index is 846. The molecule has 0 bridgehead atoms. The van der Waals surface area contributed by atoms with E-state index in [2.05, 4.69) is 0 Å². The van der Waals surface area contributed by atoms with Crippen LogP contribution in [0.2, 0.25) is 0 Å². The Kier molecular flexibility index (Phi) is 5.86. The number of likely N-dealkylation sites (N-methyl/N-ethyl adjacent to an activating group) is 1. The van der Waals surface area contributed by atoms with Crippen molar-refractivity contribution in [3.8, 4) is 23.0 Å². The molecular weight excluding hydrogens is 346 g/mol. The Morgan fingerprint density at radius 1 is 1.11 bits per heavy atom. The Morgan fingerprint density at radius 3 is 2.67 bits per heavy atom. The second-order valence-electron chi connectivity index (χ2n) is 5.98. The molecule has 0 atom stereocenters. The third-order valence-electron chi connectivity index (χ3n) is 4.35. The molecule has 2 aromatic carbocycles. The number of amides is 1. The minimum absolute atomic E-state index is 0.0833. The van der Waals surface area contributed by atoms with Gasteiger partial charge in [0.1, 0.15) is 11.5 Å². The fourth-order valence-electron chi connectivity index (χ4n) is 2.84. The molecule has 0 N–H and O–H groups in total. The van der Waals surface area contributed by atoms with Crippen LogP contribution in [0.4, 0.5) is 0 Å². The second kappa shape index (κ2) is 8.49. The average molecular weight is 369 g/mol. The minimum Gasteiger partial charge on any atom is -0.497 e. The maximum Gasteiger partial charge on any atom is 0.246 e. The van der Waals surface area contributed by atoms with Crippen molar-refractivity contribution >= 4 is 12.0 Å². The van der Waals surface area contributed by atoms with Crippen LogP contribution in [-0.2, 0) is 11.3 Å². The van der Waals surface area contributed by atoms with E-state index in [-0.39, 0.29) is 12.7 Å². The average Bonchev–Trinajstić information content (AvgIpc) is 3.17. The van der Waals surface area contributed by atoms with E-state index in [1.807, 2.05) is 43.3 Å². The molecule has 1 amide bonds. The molecule has 0 aromatic heterocycles. The summed E-state index contributed by atoms with van der Waals surface area (Å²) in [4.78, 5) is 14.4. The highest BCUT2D eigenvalue weighted by molar-refractivity contribution is 5.92. The zero-order chi connectivity index (χ0) is 19.2. The predicted octanol–water partition coefficient (Wildman–Crippen LogP) is 3.49. The first-order valence-electron chi connectivity index (χ1n) is 8.72. The third kappa shape index (κ3) is 4.34. The standard InChI is InChI=1S/C21H23NO5/c1-4-22(13-15-5-8-19-20(11-15)27-14-26-19)21(23)10-6-16-12-17(24-2)7-9-18(16)25-3/h5-12H,4,13-14H2,1-3H3/b10-6+. The highest BCUT2D eigenvalue weighted by Crippen LogP contribution is 2.33. The molecule has 2 aromatic rings. The molecule has 6 heteroatoms. The van der Waals surface area contributed by atoms with Crippen molar-refractivity contribution in [3.05, 3.63) is 53.6 Å². The topological polar surface area (TPSA) is 57.2 Å². The first-order chi connectivity index (χ1) is 13.1. The van der Waals surface area contributed by atoms with Gasteiger partial charge in [-0.15, -0.1) is 0 Å². The van der Waals surface area contributed by atoms with Crippen LogP contribution >= 0.6 is 0 Å². The lowest BCUT2D eigenvalue weighted by Crippen LogP contribution is -2.28. The van der Waals surface area contributed by atoms with E-state index in [0.29, 0.717) is 30.3 Å². The van der Waals surface area contributed by atoms with Gasteiger partial charge in [0.05, 0.1) is 14.2 Å². The predicted molar refractivity (Wildman–Crippen MR) is 102 cm³/mol. The van der Waals surface area contributed by atoms with Crippen molar-refractivity contribution in [1.29, 1.82) is 0 Å². The van der Waals surface area contributed by atoms with E-state index in [1.165, 1.54) is 0 Å². The van der Waals surface area contributed by atoms with Crippen LogP contribution in [0.5, 0.6) is 23.0 Å². The van der Waals surface area contributed by atoms with Crippen LogP contribution in [0.15, 0.2) is 42.5 Å². The lowest BCUT2D eigenvalue weighted by Gasteiger charge is -2.19. The van der Waals surface area contributed by atoms with Gasteiger partial charge in [-0.3, -0.25) is 4.79 Å². The maximum atomic E-state index is 12.7. The fraction of sp³-hybridized carbons (Fsp3) is 0.286. The Hall–Kier alpha value is -3.15. The maximum absolute atomic E-state index is 12.7. The normalized spacial score (nSPS) is 12.3. The van der Waals surface area contributed by atoms with Gasteiger partial charge in [0, 0.05) is 24.7 Å². The zero-order valence-corrected chi connectivity index (χ0v) is 15.7. The Balaban J connectivity index is 1.72. The molecule has 1 heterocycles. The summed E-state index contributed by atoms with van der Waals surface area (Å²) in [6, 6.07) is 11.2. The summed E-state index contributed by atoms with van der Waals surface area (Å²) >= 11 is 0. The summed E-state index contributed by atoms with van der Waals surface area (Å²) < 4.78 is 21.3. The molecule has 0 radical (unpaired) electrons. The number of nitrogens with zero attached hydrogens (tertiary/aromatic N) is 1. The first kappa shape index (κ1) is 18.6. The van der Waals surface area contributed by atoms with Crippen molar-refractivity contribution in [3.63, 3.8) is 0 Å². The van der Waals surface area contributed by atoms with E-state index in [9.17, 15) is 4.79 Å². The van der Waals surface area contributed by atoms with Gasteiger partial charge in [0.15, 0.2) is 11.5 Å². The van der Waals surface area contributed by atoms with Crippen molar-refractivity contribution in [1.82, 2.24) is 4.90 Å². The van der Waals surface area contributed by atoms with Gasteiger partial charge in [-0.2, -0.15) is 0 Å². The smallest absolute Gasteiger partial charge is 0.246 e. The summed E-state index contributed by atoms with van der Waals surface area (Å²) in [7, 11) is 3.20. The number of benzene rings is 2. The monoisotopic (exact) mass is 369 g/mol. The molecule has 6 nitrogen and oxygen atoms in total. The van der Waals surface area contributed by atoms with Crippen molar-refractivity contribution < 1.29 is 23.7 Å². The second-order valence-corrected chi connectivity index (χ2v) is 5.98. The molecule has 3 rings (SSSR count). The van der Waals surface area contributed by atoms with Gasteiger partial charge in [-0.25, -0.2) is 0 Å². The molecule has 0 spiro atoms. The van der Waals surface area contributed by atoms with Crippen LogP contribution in [-0.4, -0.2) is 38.4 Å². The molecule has 1 aliphatic rings. The number of hydrogen-bond acceptors (Lipinski definition) is 5. The van der Waals surface area contributed by atoms with E-state index in [0.717, 1.165) is 16.9 Å². The molecule has 0 unspecified atom stereocenters. The van der Waals surface area contributed by atoms with Gasteiger partial charge in [0.25, 0.3) is 0 Å². The van der Waals surface area contributed by atoms with Crippen LogP contribution in [0.1, 0.15) is 18.1 Å². The van der Waals surface area contributed by atoms with Crippen molar-refractivity contribution in [2.75, 3.05) is 27.6 Å². The molecule has 142 valence electrons. The van der Waals surface area contributed by atoms with Crippen molar-refractivity contribution in [2.45, 2.75) is 13.5 Å². The lowest BCUT2D eigenvalue weighted by molar-refractivity contribution is -0.126. The van der Waals surface area contributed by atoms with Gasteiger partial charge < -0.3 is 23.8 Å². The van der Waals surface area contributed by atoms with Crippen LogP contribution in [0, 0.1) is 0 Å². The molecule has 1 aliphatic heterocycles.